The van der Waals surface area contributed by atoms with E-state index in [0.29, 0.717) is 0 Å². The van der Waals surface area contributed by atoms with Crippen LogP contribution in [0, 0.1) is 11.3 Å². The van der Waals surface area contributed by atoms with E-state index in [0.717, 1.165) is 12.1 Å². The molecule has 4 rings (SSSR count). The van der Waals surface area contributed by atoms with E-state index in [4.69, 9.17) is 9.47 Å². The fraction of sp³-hybridized carbons (Fsp3) is 0.533. The van der Waals surface area contributed by atoms with Gasteiger partial charge in [0, 0.05) is 12.2 Å². The third-order valence-electron chi connectivity index (χ3n) is 4.36. The molecule has 2 fully saturated rings. The Balaban J connectivity index is 1.77. The molecule has 0 N–H and O–H groups in total. The van der Waals surface area contributed by atoms with Gasteiger partial charge in [-0.2, -0.15) is 5.26 Å². The fourth-order valence-corrected chi connectivity index (χ4v) is 3.76. The molecule has 3 aliphatic rings. The minimum absolute atomic E-state index is 0.00736. The van der Waals surface area contributed by atoms with E-state index < -0.39 is 5.79 Å². The number of nitrogens with zero attached hydrogens (tertiary/aromatic N) is 2. The molecule has 4 atom stereocenters. The van der Waals surface area contributed by atoms with Gasteiger partial charge in [0.05, 0.1) is 18.0 Å². The van der Waals surface area contributed by atoms with Crippen molar-refractivity contribution in [2.24, 2.45) is 0 Å². The first-order valence-electron chi connectivity index (χ1n) is 6.71. The zero-order valence-corrected chi connectivity index (χ0v) is 11.0. The number of para-hydroxylation sites is 1. The summed E-state index contributed by atoms with van der Waals surface area (Å²) >= 11 is 0. The molecule has 0 saturated carbocycles. The highest BCUT2D eigenvalue weighted by molar-refractivity contribution is 5.65. The summed E-state index contributed by atoms with van der Waals surface area (Å²) in [6.07, 6.45) is 0.0660. The number of ether oxygens (including phenoxy) is 2. The van der Waals surface area contributed by atoms with Crippen LogP contribution in [0.3, 0.4) is 0 Å². The maximum atomic E-state index is 9.54. The van der Waals surface area contributed by atoms with Gasteiger partial charge in [0.2, 0.25) is 0 Å². The molecule has 0 spiro atoms. The standard InChI is InChI=1S/C15H16N2O2/c1-15(2)18-12-8-17-11-6-4-3-5-9(11)10(7-16)13(17)14(12)19-15/h3-6,10,12-14H,8H2,1-2H3/t10-,12-,13+,14-/m0/s1. The molecule has 1 aromatic rings. The molecule has 1 aromatic carbocycles. The molecule has 98 valence electrons. The van der Waals surface area contributed by atoms with Crippen LogP contribution < -0.4 is 4.90 Å². The van der Waals surface area contributed by atoms with Crippen LogP contribution in [0.25, 0.3) is 0 Å². The Morgan fingerprint density at radius 2 is 2.11 bits per heavy atom. The van der Waals surface area contributed by atoms with Crippen molar-refractivity contribution in [3.8, 4) is 6.07 Å². The molecule has 3 aliphatic heterocycles. The van der Waals surface area contributed by atoms with Crippen LogP contribution in [-0.4, -0.2) is 30.6 Å². The normalized spacial score (nSPS) is 37.6. The Morgan fingerprint density at radius 1 is 1.32 bits per heavy atom. The molecule has 0 amide bonds. The molecule has 0 aliphatic carbocycles. The summed E-state index contributed by atoms with van der Waals surface area (Å²) in [5.74, 6) is -0.653. The lowest BCUT2D eigenvalue weighted by Crippen LogP contribution is -2.38. The van der Waals surface area contributed by atoms with Crippen LogP contribution in [-0.2, 0) is 9.47 Å². The van der Waals surface area contributed by atoms with Gasteiger partial charge in [-0.05, 0) is 25.5 Å². The number of rotatable bonds is 0. The van der Waals surface area contributed by atoms with Crippen LogP contribution in [0.15, 0.2) is 24.3 Å². The maximum absolute atomic E-state index is 9.54. The van der Waals surface area contributed by atoms with E-state index in [9.17, 15) is 5.26 Å². The average molecular weight is 256 g/mol. The van der Waals surface area contributed by atoms with Gasteiger partial charge >= 0.3 is 0 Å². The summed E-state index contributed by atoms with van der Waals surface area (Å²) in [5.41, 5.74) is 2.29. The van der Waals surface area contributed by atoms with E-state index in [1.54, 1.807) is 0 Å². The van der Waals surface area contributed by atoms with Gasteiger partial charge < -0.3 is 14.4 Å². The van der Waals surface area contributed by atoms with Gasteiger partial charge in [0.1, 0.15) is 12.2 Å². The summed E-state index contributed by atoms with van der Waals surface area (Å²) < 4.78 is 12.0. The smallest absolute Gasteiger partial charge is 0.163 e. The topological polar surface area (TPSA) is 45.5 Å². The van der Waals surface area contributed by atoms with Crippen LogP contribution in [0.2, 0.25) is 0 Å². The van der Waals surface area contributed by atoms with Crippen molar-refractivity contribution in [2.75, 3.05) is 11.4 Å². The summed E-state index contributed by atoms with van der Waals surface area (Å²) in [5, 5.41) is 9.54. The van der Waals surface area contributed by atoms with Crippen molar-refractivity contribution in [2.45, 2.75) is 43.8 Å². The predicted molar refractivity (Wildman–Crippen MR) is 69.8 cm³/mol. The summed E-state index contributed by atoms with van der Waals surface area (Å²) in [4.78, 5) is 2.29. The van der Waals surface area contributed by atoms with E-state index in [-0.39, 0.29) is 24.2 Å². The summed E-state index contributed by atoms with van der Waals surface area (Å²) in [7, 11) is 0. The number of nitriles is 1. The van der Waals surface area contributed by atoms with Crippen LogP contribution in [0.4, 0.5) is 5.69 Å². The lowest BCUT2D eigenvalue weighted by Gasteiger charge is -2.26. The first-order valence-corrected chi connectivity index (χ1v) is 6.71. The highest BCUT2D eigenvalue weighted by Crippen LogP contribution is 2.50. The van der Waals surface area contributed by atoms with E-state index in [1.807, 2.05) is 26.0 Å². The Labute approximate surface area is 112 Å². The molecule has 0 radical (unpaired) electrons. The fourth-order valence-electron chi connectivity index (χ4n) is 3.76. The minimum atomic E-state index is -0.532. The Bertz CT molecular complexity index is 578. The lowest BCUT2D eigenvalue weighted by atomic mass is 9.92. The molecule has 0 unspecified atom stereocenters. The SMILES string of the molecule is CC1(C)O[C@@H]2[C@H]3[C@@H](C#N)c4ccccc4N3C[C@@H]2O1. The molecule has 0 aromatic heterocycles. The molecule has 4 nitrogen and oxygen atoms in total. The summed E-state index contributed by atoms with van der Waals surface area (Å²) in [6, 6.07) is 10.7. The Kier molecular flexibility index (Phi) is 2.08. The Morgan fingerprint density at radius 3 is 2.89 bits per heavy atom. The second-order valence-electron chi connectivity index (χ2n) is 5.95. The number of anilines is 1. The molecule has 2 saturated heterocycles. The van der Waals surface area contributed by atoms with Crippen LogP contribution in [0.5, 0.6) is 0 Å². The molecule has 3 heterocycles. The van der Waals surface area contributed by atoms with Gasteiger partial charge in [-0.25, -0.2) is 0 Å². The predicted octanol–water partition coefficient (Wildman–Crippen LogP) is 2.02. The highest BCUT2D eigenvalue weighted by Gasteiger charge is 2.58. The number of benzene rings is 1. The highest BCUT2D eigenvalue weighted by atomic mass is 16.8. The first kappa shape index (κ1) is 11.3. The zero-order chi connectivity index (χ0) is 13.2. The molecular formula is C15H16N2O2. The van der Waals surface area contributed by atoms with Gasteiger partial charge in [-0.1, -0.05) is 18.2 Å². The van der Waals surface area contributed by atoms with Gasteiger partial charge in [-0.3, -0.25) is 0 Å². The third-order valence-corrected chi connectivity index (χ3v) is 4.36. The maximum Gasteiger partial charge on any atom is 0.163 e. The number of hydrogen-bond acceptors (Lipinski definition) is 4. The molecular weight excluding hydrogens is 240 g/mol. The van der Waals surface area contributed by atoms with Crippen LogP contribution >= 0.6 is 0 Å². The minimum Gasteiger partial charge on any atom is -0.361 e. The second-order valence-corrected chi connectivity index (χ2v) is 5.95. The Hall–Kier alpha value is -1.57. The number of hydrogen-bond donors (Lipinski definition) is 0. The monoisotopic (exact) mass is 256 g/mol. The van der Waals surface area contributed by atoms with Gasteiger partial charge in [0.15, 0.2) is 5.79 Å². The van der Waals surface area contributed by atoms with Crippen molar-refractivity contribution in [3.63, 3.8) is 0 Å². The average Bonchev–Trinajstić information content (AvgIpc) is 2.94. The molecule has 4 heteroatoms. The lowest BCUT2D eigenvalue weighted by molar-refractivity contribution is -0.150. The molecule has 0 bridgehead atoms. The second kappa shape index (κ2) is 3.50. The van der Waals surface area contributed by atoms with Gasteiger partial charge in [-0.15, -0.1) is 0 Å². The zero-order valence-electron chi connectivity index (χ0n) is 11.0. The number of fused-ring (bicyclic) bond motifs is 5. The van der Waals surface area contributed by atoms with Crippen molar-refractivity contribution in [1.82, 2.24) is 0 Å². The first-order chi connectivity index (χ1) is 9.11. The van der Waals surface area contributed by atoms with E-state index in [2.05, 4.69) is 23.1 Å². The van der Waals surface area contributed by atoms with Crippen molar-refractivity contribution in [1.29, 1.82) is 5.26 Å². The van der Waals surface area contributed by atoms with Crippen molar-refractivity contribution < 1.29 is 9.47 Å². The van der Waals surface area contributed by atoms with Crippen LogP contribution in [0.1, 0.15) is 25.3 Å². The largest absolute Gasteiger partial charge is 0.361 e. The third kappa shape index (κ3) is 1.40. The van der Waals surface area contributed by atoms with E-state index >= 15 is 0 Å². The quantitative estimate of drug-likeness (QED) is 0.712. The van der Waals surface area contributed by atoms with Crippen molar-refractivity contribution >= 4 is 5.69 Å². The molecule has 19 heavy (non-hydrogen) atoms. The summed E-state index contributed by atoms with van der Waals surface area (Å²) in [6.45, 7) is 4.70. The van der Waals surface area contributed by atoms with E-state index in [1.165, 1.54) is 5.69 Å². The van der Waals surface area contributed by atoms with Crippen molar-refractivity contribution in [3.05, 3.63) is 29.8 Å². The van der Waals surface area contributed by atoms with Gasteiger partial charge in [0.25, 0.3) is 0 Å².